The van der Waals surface area contributed by atoms with Gasteiger partial charge in [0.05, 0.1) is 5.02 Å². The molecule has 0 spiro atoms. The molecule has 0 unspecified atom stereocenters. The van der Waals surface area contributed by atoms with Crippen molar-refractivity contribution >= 4 is 29.1 Å². The Kier molecular flexibility index (Phi) is 6.69. The van der Waals surface area contributed by atoms with Crippen molar-refractivity contribution in [2.45, 2.75) is 19.8 Å². The van der Waals surface area contributed by atoms with Gasteiger partial charge in [0.1, 0.15) is 5.82 Å². The molecule has 0 saturated carbocycles. The van der Waals surface area contributed by atoms with Crippen LogP contribution in [0.4, 0.5) is 16.3 Å². The van der Waals surface area contributed by atoms with E-state index in [1.807, 2.05) is 24.3 Å². The van der Waals surface area contributed by atoms with Gasteiger partial charge < -0.3 is 16.0 Å². The quantitative estimate of drug-likeness (QED) is 0.673. The second kappa shape index (κ2) is 9.00. The molecule has 3 N–H and O–H groups in total. The number of aromatic nitrogens is 1. The SMILES string of the molecule is CCCc1ccc(NC(=O)NCCNc2ncccc2Cl)cc1. The number of urea groups is 1. The highest BCUT2D eigenvalue weighted by molar-refractivity contribution is 6.32. The van der Waals surface area contributed by atoms with Gasteiger partial charge in [-0.1, -0.05) is 37.1 Å². The number of carbonyl (C=O) groups is 1. The molecule has 0 fully saturated rings. The van der Waals surface area contributed by atoms with Crippen LogP contribution in [0.1, 0.15) is 18.9 Å². The molecule has 1 aromatic heterocycles. The largest absolute Gasteiger partial charge is 0.367 e. The van der Waals surface area contributed by atoms with Crippen LogP contribution in [0.25, 0.3) is 0 Å². The minimum absolute atomic E-state index is 0.234. The van der Waals surface area contributed by atoms with Crippen molar-refractivity contribution in [3.63, 3.8) is 0 Å². The Morgan fingerprint density at radius 3 is 2.65 bits per heavy atom. The third-order valence-electron chi connectivity index (χ3n) is 3.21. The van der Waals surface area contributed by atoms with Gasteiger partial charge in [-0.15, -0.1) is 0 Å². The molecule has 1 heterocycles. The van der Waals surface area contributed by atoms with Gasteiger partial charge in [0.15, 0.2) is 0 Å². The molecule has 0 aliphatic heterocycles. The number of aryl methyl sites for hydroxylation is 1. The lowest BCUT2D eigenvalue weighted by Crippen LogP contribution is -2.32. The molecule has 23 heavy (non-hydrogen) atoms. The summed E-state index contributed by atoms with van der Waals surface area (Å²) >= 11 is 5.98. The highest BCUT2D eigenvalue weighted by Crippen LogP contribution is 2.16. The van der Waals surface area contributed by atoms with E-state index in [1.165, 1.54) is 5.56 Å². The van der Waals surface area contributed by atoms with Crippen molar-refractivity contribution in [2.24, 2.45) is 0 Å². The first-order valence-electron chi connectivity index (χ1n) is 7.67. The third kappa shape index (κ3) is 5.79. The molecule has 122 valence electrons. The summed E-state index contributed by atoms with van der Waals surface area (Å²) in [7, 11) is 0. The van der Waals surface area contributed by atoms with Gasteiger partial charge in [-0.25, -0.2) is 9.78 Å². The summed E-state index contributed by atoms with van der Waals surface area (Å²) in [5.41, 5.74) is 2.05. The number of nitrogens with one attached hydrogen (secondary N) is 3. The fourth-order valence-electron chi connectivity index (χ4n) is 2.09. The van der Waals surface area contributed by atoms with E-state index in [1.54, 1.807) is 18.3 Å². The molecule has 0 radical (unpaired) electrons. The molecule has 5 nitrogen and oxygen atoms in total. The Hall–Kier alpha value is -2.27. The van der Waals surface area contributed by atoms with Crippen molar-refractivity contribution in [3.05, 3.63) is 53.2 Å². The number of hydrogen-bond acceptors (Lipinski definition) is 3. The number of benzene rings is 1. The van der Waals surface area contributed by atoms with Gasteiger partial charge in [0, 0.05) is 25.0 Å². The summed E-state index contributed by atoms with van der Waals surface area (Å²) in [6, 6.07) is 11.2. The number of pyridine rings is 1. The highest BCUT2D eigenvalue weighted by atomic mass is 35.5. The van der Waals surface area contributed by atoms with Gasteiger partial charge >= 0.3 is 6.03 Å². The molecule has 0 saturated heterocycles. The highest BCUT2D eigenvalue weighted by Gasteiger charge is 2.02. The Labute approximate surface area is 141 Å². The van der Waals surface area contributed by atoms with Crippen LogP contribution in [-0.2, 0) is 6.42 Å². The van der Waals surface area contributed by atoms with Gasteiger partial charge in [-0.05, 0) is 36.2 Å². The summed E-state index contributed by atoms with van der Waals surface area (Å²) in [5, 5.41) is 9.21. The monoisotopic (exact) mass is 332 g/mol. The first-order valence-corrected chi connectivity index (χ1v) is 8.05. The zero-order valence-corrected chi connectivity index (χ0v) is 13.9. The third-order valence-corrected chi connectivity index (χ3v) is 3.52. The van der Waals surface area contributed by atoms with E-state index in [0.29, 0.717) is 23.9 Å². The summed E-state index contributed by atoms with van der Waals surface area (Å²) in [6.07, 6.45) is 3.82. The Balaban J connectivity index is 1.70. The average molecular weight is 333 g/mol. The zero-order chi connectivity index (χ0) is 16.5. The second-order valence-corrected chi connectivity index (χ2v) is 5.50. The fraction of sp³-hybridized carbons (Fsp3) is 0.294. The van der Waals surface area contributed by atoms with Crippen LogP contribution in [-0.4, -0.2) is 24.1 Å². The van der Waals surface area contributed by atoms with E-state index in [0.717, 1.165) is 18.5 Å². The maximum atomic E-state index is 11.8. The van der Waals surface area contributed by atoms with Gasteiger partial charge in [-0.3, -0.25) is 0 Å². The van der Waals surface area contributed by atoms with Crippen LogP contribution in [0.2, 0.25) is 5.02 Å². The van der Waals surface area contributed by atoms with Crippen molar-refractivity contribution in [1.29, 1.82) is 0 Å². The fourth-order valence-corrected chi connectivity index (χ4v) is 2.28. The van der Waals surface area contributed by atoms with Crippen molar-refractivity contribution < 1.29 is 4.79 Å². The maximum Gasteiger partial charge on any atom is 0.319 e. The molecule has 2 aromatic rings. The van der Waals surface area contributed by atoms with Crippen LogP contribution in [0.3, 0.4) is 0 Å². The lowest BCUT2D eigenvalue weighted by atomic mass is 10.1. The van der Waals surface area contributed by atoms with Crippen molar-refractivity contribution in [3.8, 4) is 0 Å². The topological polar surface area (TPSA) is 66.1 Å². The Morgan fingerprint density at radius 1 is 1.17 bits per heavy atom. The molecule has 0 bridgehead atoms. The number of anilines is 2. The van der Waals surface area contributed by atoms with E-state index < -0.39 is 0 Å². The van der Waals surface area contributed by atoms with Crippen LogP contribution >= 0.6 is 11.6 Å². The summed E-state index contributed by atoms with van der Waals surface area (Å²) in [4.78, 5) is 15.9. The number of carbonyl (C=O) groups excluding carboxylic acids is 1. The maximum absolute atomic E-state index is 11.8. The lowest BCUT2D eigenvalue weighted by Gasteiger charge is -2.10. The van der Waals surface area contributed by atoms with E-state index in [4.69, 9.17) is 11.6 Å². The molecule has 1 aromatic carbocycles. The number of halogens is 1. The van der Waals surface area contributed by atoms with Crippen molar-refractivity contribution in [2.75, 3.05) is 23.7 Å². The zero-order valence-electron chi connectivity index (χ0n) is 13.1. The first-order chi connectivity index (χ1) is 11.2. The Morgan fingerprint density at radius 2 is 1.96 bits per heavy atom. The molecule has 6 heteroatoms. The molecule has 0 atom stereocenters. The first kappa shape index (κ1) is 17.1. The standard InChI is InChI=1S/C17H21ClN4O/c1-2-4-13-6-8-14(9-7-13)22-17(23)21-12-11-20-16-15(18)5-3-10-19-16/h3,5-10H,2,4,11-12H2,1H3,(H,19,20)(H2,21,22,23). The minimum atomic E-state index is -0.234. The van der Waals surface area contributed by atoms with Crippen LogP contribution in [0.5, 0.6) is 0 Å². The molecular formula is C17H21ClN4O. The number of amides is 2. The van der Waals surface area contributed by atoms with Gasteiger partial charge in [-0.2, -0.15) is 0 Å². The van der Waals surface area contributed by atoms with E-state index in [9.17, 15) is 4.79 Å². The molecular weight excluding hydrogens is 312 g/mol. The van der Waals surface area contributed by atoms with Crippen LogP contribution < -0.4 is 16.0 Å². The molecule has 2 rings (SSSR count). The van der Waals surface area contributed by atoms with E-state index in [-0.39, 0.29) is 6.03 Å². The molecule has 0 aliphatic carbocycles. The smallest absolute Gasteiger partial charge is 0.319 e. The second-order valence-electron chi connectivity index (χ2n) is 5.09. The predicted octanol–water partition coefficient (Wildman–Crippen LogP) is 3.92. The number of rotatable bonds is 7. The molecule has 2 amide bonds. The summed E-state index contributed by atoms with van der Waals surface area (Å²) in [6.45, 7) is 3.15. The summed E-state index contributed by atoms with van der Waals surface area (Å²) < 4.78 is 0. The van der Waals surface area contributed by atoms with Crippen LogP contribution in [0, 0.1) is 0 Å². The Bertz CT molecular complexity index is 631. The van der Waals surface area contributed by atoms with Crippen molar-refractivity contribution in [1.82, 2.24) is 10.3 Å². The lowest BCUT2D eigenvalue weighted by molar-refractivity contribution is 0.252. The number of nitrogens with zero attached hydrogens (tertiary/aromatic N) is 1. The normalized spacial score (nSPS) is 10.2. The summed E-state index contributed by atoms with van der Waals surface area (Å²) in [5.74, 6) is 0.614. The minimum Gasteiger partial charge on any atom is -0.367 e. The number of hydrogen-bond donors (Lipinski definition) is 3. The average Bonchev–Trinajstić information content (AvgIpc) is 2.55. The molecule has 0 aliphatic rings. The van der Waals surface area contributed by atoms with Gasteiger partial charge in [0.2, 0.25) is 0 Å². The van der Waals surface area contributed by atoms with E-state index >= 15 is 0 Å². The van der Waals surface area contributed by atoms with E-state index in [2.05, 4.69) is 27.9 Å². The van der Waals surface area contributed by atoms with Crippen LogP contribution in [0.15, 0.2) is 42.6 Å². The predicted molar refractivity (Wildman–Crippen MR) is 95.2 cm³/mol. The van der Waals surface area contributed by atoms with Gasteiger partial charge in [0.25, 0.3) is 0 Å².